The summed E-state index contributed by atoms with van der Waals surface area (Å²) in [5, 5.41) is 4.06. The van der Waals surface area contributed by atoms with Gasteiger partial charge < -0.3 is 13.8 Å². The van der Waals surface area contributed by atoms with Crippen molar-refractivity contribution in [3.63, 3.8) is 0 Å². The van der Waals surface area contributed by atoms with Crippen molar-refractivity contribution < 1.29 is 13.7 Å². The molecule has 3 heterocycles. The Morgan fingerprint density at radius 3 is 2.89 bits per heavy atom. The summed E-state index contributed by atoms with van der Waals surface area (Å²) in [4.78, 5) is 8.90. The Balaban J connectivity index is 1.44. The first-order valence-corrected chi connectivity index (χ1v) is 9.48. The minimum atomic E-state index is -0.365. The third kappa shape index (κ3) is 3.04. The molecule has 28 heavy (non-hydrogen) atoms. The highest BCUT2D eigenvalue weighted by atomic mass is 79.9. The van der Waals surface area contributed by atoms with Gasteiger partial charge in [0.05, 0.1) is 25.2 Å². The van der Waals surface area contributed by atoms with E-state index in [4.69, 9.17) is 9.26 Å². The predicted octanol–water partition coefficient (Wildman–Crippen LogP) is 4.77. The number of nitrogens with zero attached hydrogens (tertiary/aromatic N) is 4. The Morgan fingerprint density at radius 2 is 2.04 bits per heavy atom. The smallest absolute Gasteiger partial charge is 0.278 e. The fourth-order valence-electron chi connectivity index (χ4n) is 3.29. The summed E-state index contributed by atoms with van der Waals surface area (Å²) in [5.74, 6) is 0.544. The van der Waals surface area contributed by atoms with Crippen molar-refractivity contribution in [3.8, 4) is 23.0 Å². The predicted molar refractivity (Wildman–Crippen MR) is 103 cm³/mol. The molecule has 6 nitrogen and oxygen atoms in total. The molecule has 1 aliphatic rings. The number of rotatable bonds is 3. The van der Waals surface area contributed by atoms with E-state index in [9.17, 15) is 4.39 Å². The van der Waals surface area contributed by atoms with Crippen molar-refractivity contribution in [2.75, 3.05) is 0 Å². The second-order valence-corrected chi connectivity index (χ2v) is 7.36. The molecule has 0 aliphatic carbocycles. The summed E-state index contributed by atoms with van der Waals surface area (Å²) in [6, 6.07) is 14.3. The Bertz CT molecular complexity index is 1160. The van der Waals surface area contributed by atoms with Gasteiger partial charge in [-0.05, 0) is 18.2 Å². The second-order valence-electron chi connectivity index (χ2n) is 6.45. The van der Waals surface area contributed by atoms with Crippen LogP contribution in [0.5, 0.6) is 0 Å². The molecule has 4 aromatic rings. The largest absolute Gasteiger partial charge is 0.365 e. The lowest BCUT2D eigenvalue weighted by molar-refractivity contribution is 0.00126. The summed E-state index contributed by atoms with van der Waals surface area (Å²) in [6.45, 7) is 0.749. The Hall–Kier alpha value is -2.84. The summed E-state index contributed by atoms with van der Waals surface area (Å²) < 4.78 is 28.3. The van der Waals surface area contributed by atoms with Crippen LogP contribution < -0.4 is 0 Å². The number of hydrogen-bond acceptors (Lipinski definition) is 5. The van der Waals surface area contributed by atoms with Crippen LogP contribution in [-0.2, 0) is 17.9 Å². The highest BCUT2D eigenvalue weighted by Gasteiger charge is 2.27. The molecule has 2 aromatic carbocycles. The number of fused-ring (bicyclic) bond motifs is 1. The SMILES string of the molecule is Fc1ccccc1[C@@H]1Cn2cnc(-c3nc(-c4cccc(Br)c4)no3)c2CO1. The third-order valence-corrected chi connectivity index (χ3v) is 5.19. The maximum Gasteiger partial charge on any atom is 0.278 e. The average Bonchev–Trinajstić information content (AvgIpc) is 3.35. The van der Waals surface area contributed by atoms with E-state index >= 15 is 0 Å². The fourth-order valence-corrected chi connectivity index (χ4v) is 3.69. The zero-order valence-electron chi connectivity index (χ0n) is 14.5. The van der Waals surface area contributed by atoms with Crippen LogP contribution in [0.4, 0.5) is 4.39 Å². The van der Waals surface area contributed by atoms with E-state index in [0.29, 0.717) is 29.5 Å². The molecule has 1 atom stereocenters. The molecule has 140 valence electrons. The van der Waals surface area contributed by atoms with Gasteiger partial charge in [0.25, 0.3) is 5.89 Å². The standard InChI is InChI=1S/C20H14BrFN4O2/c21-13-5-3-4-12(8-13)19-24-20(28-25-19)18-16-10-27-17(9-26(16)11-23-18)14-6-1-2-7-15(14)22/h1-8,11,17H,9-10H2/t17-/m0/s1. The van der Waals surface area contributed by atoms with E-state index < -0.39 is 0 Å². The number of benzene rings is 2. The molecule has 0 bridgehead atoms. The van der Waals surface area contributed by atoms with Crippen molar-refractivity contribution >= 4 is 15.9 Å². The molecule has 8 heteroatoms. The van der Waals surface area contributed by atoms with Gasteiger partial charge in [-0.3, -0.25) is 0 Å². The monoisotopic (exact) mass is 440 g/mol. The zero-order valence-corrected chi connectivity index (χ0v) is 16.1. The molecule has 0 amide bonds. The van der Waals surface area contributed by atoms with Gasteiger partial charge in [0.15, 0.2) is 5.69 Å². The Kier molecular flexibility index (Phi) is 4.29. The molecule has 0 saturated carbocycles. The molecule has 0 unspecified atom stereocenters. The first kappa shape index (κ1) is 17.3. The van der Waals surface area contributed by atoms with E-state index in [0.717, 1.165) is 15.7 Å². The first-order valence-electron chi connectivity index (χ1n) is 8.69. The van der Waals surface area contributed by atoms with Gasteiger partial charge in [-0.15, -0.1) is 0 Å². The van der Waals surface area contributed by atoms with Gasteiger partial charge in [-0.2, -0.15) is 4.98 Å². The number of ether oxygens (including phenoxy) is 1. The van der Waals surface area contributed by atoms with E-state index in [-0.39, 0.29) is 18.5 Å². The van der Waals surface area contributed by atoms with Gasteiger partial charge in [-0.25, -0.2) is 9.37 Å². The molecule has 0 radical (unpaired) electrons. The Morgan fingerprint density at radius 1 is 1.14 bits per heavy atom. The van der Waals surface area contributed by atoms with Crippen LogP contribution in [0.15, 0.2) is 63.9 Å². The third-order valence-electron chi connectivity index (χ3n) is 4.69. The van der Waals surface area contributed by atoms with Crippen molar-refractivity contribution in [1.82, 2.24) is 19.7 Å². The van der Waals surface area contributed by atoms with Crippen LogP contribution in [0, 0.1) is 5.82 Å². The average molecular weight is 441 g/mol. The molecule has 0 saturated heterocycles. The van der Waals surface area contributed by atoms with Crippen LogP contribution in [0.25, 0.3) is 23.0 Å². The number of imidazole rings is 1. The molecule has 0 fully saturated rings. The van der Waals surface area contributed by atoms with Crippen LogP contribution in [0.1, 0.15) is 17.4 Å². The second kappa shape index (κ2) is 6.96. The maximum atomic E-state index is 14.1. The molecular formula is C20H14BrFN4O2. The van der Waals surface area contributed by atoms with E-state index in [1.54, 1.807) is 24.5 Å². The minimum Gasteiger partial charge on any atom is -0.365 e. The molecule has 0 N–H and O–H groups in total. The van der Waals surface area contributed by atoms with Crippen LogP contribution >= 0.6 is 15.9 Å². The lowest BCUT2D eigenvalue weighted by Gasteiger charge is -2.25. The zero-order chi connectivity index (χ0) is 19.1. The molecular weight excluding hydrogens is 427 g/mol. The van der Waals surface area contributed by atoms with Gasteiger partial charge >= 0.3 is 0 Å². The number of halogens is 2. The van der Waals surface area contributed by atoms with Crippen LogP contribution in [0.2, 0.25) is 0 Å². The lowest BCUT2D eigenvalue weighted by atomic mass is 10.1. The van der Waals surface area contributed by atoms with E-state index in [2.05, 4.69) is 31.1 Å². The first-order chi connectivity index (χ1) is 13.7. The topological polar surface area (TPSA) is 66.0 Å². The Labute approximate surface area is 168 Å². The quantitative estimate of drug-likeness (QED) is 0.458. The van der Waals surface area contributed by atoms with E-state index in [1.807, 2.05) is 28.8 Å². The summed E-state index contributed by atoms with van der Waals surface area (Å²) in [7, 11) is 0. The van der Waals surface area contributed by atoms with Crippen molar-refractivity contribution in [1.29, 1.82) is 0 Å². The van der Waals surface area contributed by atoms with Gasteiger partial charge in [0, 0.05) is 15.6 Å². The van der Waals surface area contributed by atoms with Gasteiger partial charge in [0.2, 0.25) is 5.82 Å². The van der Waals surface area contributed by atoms with Crippen molar-refractivity contribution in [3.05, 3.63) is 76.4 Å². The summed E-state index contributed by atoms with van der Waals surface area (Å²) in [5.41, 5.74) is 2.80. The number of hydrogen-bond donors (Lipinski definition) is 0. The van der Waals surface area contributed by atoms with Crippen molar-refractivity contribution in [2.24, 2.45) is 0 Å². The highest BCUT2D eigenvalue weighted by Crippen LogP contribution is 2.32. The molecule has 5 rings (SSSR count). The molecule has 2 aromatic heterocycles. The van der Waals surface area contributed by atoms with Gasteiger partial charge in [-0.1, -0.05) is 51.4 Å². The summed E-state index contributed by atoms with van der Waals surface area (Å²) >= 11 is 3.44. The van der Waals surface area contributed by atoms with Crippen LogP contribution in [0.3, 0.4) is 0 Å². The van der Waals surface area contributed by atoms with Gasteiger partial charge in [0.1, 0.15) is 11.9 Å². The summed E-state index contributed by atoms with van der Waals surface area (Å²) in [6.07, 6.45) is 1.33. The number of aromatic nitrogens is 4. The normalized spacial score (nSPS) is 16.1. The lowest BCUT2D eigenvalue weighted by Crippen LogP contribution is -2.21. The molecule has 0 spiro atoms. The molecule has 1 aliphatic heterocycles. The van der Waals surface area contributed by atoms with Crippen LogP contribution in [-0.4, -0.2) is 19.7 Å². The fraction of sp³-hybridized carbons (Fsp3) is 0.150. The highest BCUT2D eigenvalue weighted by molar-refractivity contribution is 9.10. The minimum absolute atomic E-state index is 0.271. The maximum absolute atomic E-state index is 14.1. The van der Waals surface area contributed by atoms with Crippen molar-refractivity contribution in [2.45, 2.75) is 19.3 Å². The van der Waals surface area contributed by atoms with E-state index in [1.165, 1.54) is 6.07 Å².